The quantitative estimate of drug-likeness (QED) is 0.773. The van der Waals surface area contributed by atoms with Gasteiger partial charge in [-0.2, -0.15) is 0 Å². The van der Waals surface area contributed by atoms with E-state index >= 15 is 0 Å². The van der Waals surface area contributed by atoms with Crippen molar-refractivity contribution < 1.29 is 14.0 Å². The molecule has 0 saturated heterocycles. The summed E-state index contributed by atoms with van der Waals surface area (Å²) in [6.07, 6.45) is 2.26. The molecule has 0 bridgehead atoms. The van der Waals surface area contributed by atoms with Gasteiger partial charge >= 0.3 is 6.03 Å². The lowest BCUT2D eigenvalue weighted by atomic mass is 10.1. The first kappa shape index (κ1) is 20.5. The minimum atomic E-state index is -0.295. The number of nitrogens with one attached hydrogen (secondary N) is 2. The van der Waals surface area contributed by atoms with Crippen LogP contribution < -0.4 is 10.6 Å². The standard InChI is InChI=1S/C20H28N4O3/c1-6-15-7-9-16(10-8-15)22-20(26)24(14(4)5)11-18-23-17(12-27-18)19(25)21-13(2)3/h7-10,12-14H,6,11H2,1-5H3,(H,21,25)(H,22,26). The van der Waals surface area contributed by atoms with Crippen LogP contribution in [-0.2, 0) is 13.0 Å². The lowest BCUT2D eigenvalue weighted by Gasteiger charge is -2.25. The molecule has 3 amide bonds. The molecule has 0 aliphatic carbocycles. The number of nitrogens with zero attached hydrogens (tertiary/aromatic N) is 2. The smallest absolute Gasteiger partial charge is 0.322 e. The Balaban J connectivity index is 2.05. The van der Waals surface area contributed by atoms with Gasteiger partial charge in [0.1, 0.15) is 6.26 Å². The maximum absolute atomic E-state index is 12.7. The van der Waals surface area contributed by atoms with Crippen molar-refractivity contribution in [3.63, 3.8) is 0 Å². The molecule has 0 saturated carbocycles. The summed E-state index contributed by atoms with van der Waals surface area (Å²) in [6, 6.07) is 7.44. The molecule has 2 rings (SSSR count). The molecule has 1 heterocycles. The van der Waals surface area contributed by atoms with Gasteiger partial charge in [0.25, 0.3) is 5.91 Å². The highest BCUT2D eigenvalue weighted by Gasteiger charge is 2.21. The zero-order chi connectivity index (χ0) is 20.0. The molecular weight excluding hydrogens is 344 g/mol. The third-order valence-corrected chi connectivity index (χ3v) is 4.01. The molecule has 0 aliphatic heterocycles. The molecule has 0 fully saturated rings. The summed E-state index contributed by atoms with van der Waals surface area (Å²) < 4.78 is 5.39. The monoisotopic (exact) mass is 372 g/mol. The fourth-order valence-electron chi connectivity index (χ4n) is 2.48. The second-order valence-corrected chi connectivity index (χ2v) is 6.96. The van der Waals surface area contributed by atoms with Crippen LogP contribution >= 0.6 is 0 Å². The minimum Gasteiger partial charge on any atom is -0.446 e. The average Bonchev–Trinajstić information content (AvgIpc) is 3.08. The van der Waals surface area contributed by atoms with Gasteiger partial charge in [0.2, 0.25) is 5.89 Å². The highest BCUT2D eigenvalue weighted by atomic mass is 16.3. The highest BCUT2D eigenvalue weighted by molar-refractivity contribution is 5.92. The van der Waals surface area contributed by atoms with Crippen molar-refractivity contribution in [1.29, 1.82) is 0 Å². The molecule has 7 nitrogen and oxygen atoms in total. The van der Waals surface area contributed by atoms with E-state index in [2.05, 4.69) is 22.5 Å². The van der Waals surface area contributed by atoms with Crippen LogP contribution in [0.5, 0.6) is 0 Å². The fraction of sp³-hybridized carbons (Fsp3) is 0.450. The van der Waals surface area contributed by atoms with Gasteiger partial charge in [-0.15, -0.1) is 0 Å². The molecule has 2 aromatic rings. The highest BCUT2D eigenvalue weighted by Crippen LogP contribution is 2.14. The lowest BCUT2D eigenvalue weighted by Crippen LogP contribution is -2.39. The van der Waals surface area contributed by atoms with Crippen molar-refractivity contribution in [2.75, 3.05) is 5.32 Å². The molecule has 1 aromatic heterocycles. The third-order valence-electron chi connectivity index (χ3n) is 4.01. The number of carbonyl (C=O) groups excluding carboxylic acids is 2. The zero-order valence-electron chi connectivity index (χ0n) is 16.6. The molecule has 1 aromatic carbocycles. The Bertz CT molecular complexity index is 766. The number of hydrogen-bond acceptors (Lipinski definition) is 4. The van der Waals surface area contributed by atoms with Crippen LogP contribution in [0, 0.1) is 0 Å². The van der Waals surface area contributed by atoms with Gasteiger partial charge in [-0.1, -0.05) is 19.1 Å². The molecule has 2 N–H and O–H groups in total. The summed E-state index contributed by atoms with van der Waals surface area (Å²) in [6.45, 7) is 9.82. The number of oxazole rings is 1. The van der Waals surface area contributed by atoms with Crippen molar-refractivity contribution >= 4 is 17.6 Å². The van der Waals surface area contributed by atoms with Gasteiger partial charge < -0.3 is 20.0 Å². The van der Waals surface area contributed by atoms with Gasteiger partial charge in [0, 0.05) is 17.8 Å². The molecule has 0 atom stereocenters. The predicted molar refractivity (Wildman–Crippen MR) is 105 cm³/mol. The summed E-state index contributed by atoms with van der Waals surface area (Å²) >= 11 is 0. The number of aromatic nitrogens is 1. The fourth-order valence-corrected chi connectivity index (χ4v) is 2.48. The van der Waals surface area contributed by atoms with Crippen LogP contribution in [0.15, 0.2) is 34.9 Å². The van der Waals surface area contributed by atoms with E-state index in [1.54, 1.807) is 4.90 Å². The average molecular weight is 372 g/mol. The van der Waals surface area contributed by atoms with Crippen molar-refractivity contribution in [2.24, 2.45) is 0 Å². The Hall–Kier alpha value is -2.83. The maximum Gasteiger partial charge on any atom is 0.322 e. The summed E-state index contributed by atoms with van der Waals surface area (Å²) in [4.78, 5) is 30.5. The van der Waals surface area contributed by atoms with E-state index in [0.717, 1.165) is 12.1 Å². The minimum absolute atomic E-state index is 0.00897. The Morgan fingerprint density at radius 2 is 1.81 bits per heavy atom. The second-order valence-electron chi connectivity index (χ2n) is 6.96. The number of rotatable bonds is 7. The van der Waals surface area contributed by atoms with Crippen LogP contribution in [0.1, 0.15) is 56.6 Å². The number of urea groups is 1. The first-order chi connectivity index (χ1) is 12.8. The lowest BCUT2D eigenvalue weighted by molar-refractivity contribution is 0.0938. The number of aryl methyl sites for hydroxylation is 1. The van der Waals surface area contributed by atoms with Crippen molar-refractivity contribution in [1.82, 2.24) is 15.2 Å². The summed E-state index contributed by atoms with van der Waals surface area (Å²) in [7, 11) is 0. The van der Waals surface area contributed by atoms with Crippen LogP contribution in [0.25, 0.3) is 0 Å². The molecule has 0 radical (unpaired) electrons. The Morgan fingerprint density at radius 1 is 1.15 bits per heavy atom. The van der Waals surface area contributed by atoms with Gasteiger partial charge in [-0.25, -0.2) is 9.78 Å². The molecule has 0 unspecified atom stereocenters. The summed E-state index contributed by atoms with van der Waals surface area (Å²) in [5, 5.41) is 5.65. The number of amides is 3. The van der Waals surface area contributed by atoms with E-state index in [9.17, 15) is 9.59 Å². The first-order valence-electron chi connectivity index (χ1n) is 9.22. The van der Waals surface area contributed by atoms with E-state index in [0.29, 0.717) is 5.89 Å². The van der Waals surface area contributed by atoms with E-state index in [-0.39, 0.29) is 36.3 Å². The number of anilines is 1. The van der Waals surface area contributed by atoms with Gasteiger partial charge in [0.15, 0.2) is 5.69 Å². The van der Waals surface area contributed by atoms with Gasteiger partial charge in [-0.05, 0) is 51.8 Å². The second kappa shape index (κ2) is 9.21. The van der Waals surface area contributed by atoms with Crippen molar-refractivity contribution in [3.8, 4) is 0 Å². The Kier molecular flexibility index (Phi) is 6.98. The van der Waals surface area contributed by atoms with Crippen LogP contribution in [0.2, 0.25) is 0 Å². The number of hydrogen-bond donors (Lipinski definition) is 2. The van der Waals surface area contributed by atoms with E-state index < -0.39 is 0 Å². The molecule has 0 spiro atoms. The van der Waals surface area contributed by atoms with Crippen molar-refractivity contribution in [3.05, 3.63) is 47.7 Å². The van der Waals surface area contributed by atoms with Crippen molar-refractivity contribution in [2.45, 2.75) is 59.7 Å². The first-order valence-corrected chi connectivity index (χ1v) is 9.22. The third kappa shape index (κ3) is 5.84. The van der Waals surface area contributed by atoms with Gasteiger partial charge in [-0.3, -0.25) is 4.79 Å². The summed E-state index contributed by atoms with van der Waals surface area (Å²) in [5.74, 6) is 0.0191. The molecule has 146 valence electrons. The van der Waals surface area contributed by atoms with E-state index in [1.165, 1.54) is 11.8 Å². The normalized spacial score (nSPS) is 10.9. The zero-order valence-corrected chi connectivity index (χ0v) is 16.6. The molecule has 27 heavy (non-hydrogen) atoms. The van der Waals surface area contributed by atoms with Crippen LogP contribution in [0.4, 0.5) is 10.5 Å². The largest absolute Gasteiger partial charge is 0.446 e. The van der Waals surface area contributed by atoms with Crippen LogP contribution in [-0.4, -0.2) is 33.9 Å². The predicted octanol–water partition coefficient (Wildman–Crippen LogP) is 3.82. The SMILES string of the molecule is CCc1ccc(NC(=O)N(Cc2nc(C(=O)NC(C)C)co2)C(C)C)cc1. The molecule has 7 heteroatoms. The van der Waals surface area contributed by atoms with Gasteiger partial charge in [0.05, 0.1) is 6.54 Å². The van der Waals surface area contributed by atoms with E-state index in [4.69, 9.17) is 4.42 Å². The maximum atomic E-state index is 12.7. The number of carbonyl (C=O) groups is 2. The summed E-state index contributed by atoms with van der Waals surface area (Å²) in [5.41, 5.74) is 2.14. The molecule has 0 aliphatic rings. The molecular formula is C20H28N4O3. The Morgan fingerprint density at radius 3 is 2.37 bits per heavy atom. The van der Waals surface area contributed by atoms with E-state index in [1.807, 2.05) is 52.0 Å². The topological polar surface area (TPSA) is 87.5 Å². The number of benzene rings is 1. The van der Waals surface area contributed by atoms with Crippen LogP contribution in [0.3, 0.4) is 0 Å². The Labute approximate surface area is 160 Å².